The van der Waals surface area contributed by atoms with Crippen LogP contribution >= 0.6 is 23.5 Å². The second kappa shape index (κ2) is 29.2. The van der Waals surface area contributed by atoms with E-state index in [1.807, 2.05) is 56.9 Å². The van der Waals surface area contributed by atoms with Crippen molar-refractivity contribution in [3.8, 4) is 69.6 Å². The summed E-state index contributed by atoms with van der Waals surface area (Å²) >= 11 is 2.64. The number of pyridine rings is 1. The molecule has 0 spiro atoms. The van der Waals surface area contributed by atoms with Gasteiger partial charge in [-0.3, -0.25) is 43.6 Å². The van der Waals surface area contributed by atoms with Crippen molar-refractivity contribution in [2.24, 2.45) is 12.8 Å². The highest BCUT2D eigenvalue weighted by molar-refractivity contribution is 8.00. The summed E-state index contributed by atoms with van der Waals surface area (Å²) in [6.07, 6.45) is 9.04. The smallest absolute Gasteiger partial charge is 0.375 e. The van der Waals surface area contributed by atoms with E-state index in [1.165, 1.54) is 51.6 Å². The quantitative estimate of drug-likeness (QED) is 0.0359. The zero-order valence-electron chi connectivity index (χ0n) is 57.5. The summed E-state index contributed by atoms with van der Waals surface area (Å²) in [6.45, 7) is 18.4. The SMILES string of the molecule is C=CCN1[C@@H]2c3c(cc(C)c(OC)c3O)C[C@H]1[C@H](C#N)N1C2[C@@H]2SCC(=O)C(=O)OC[C@H]1c1c3c(c(C)c(OC(C)=O)c12)OCO3.C=CCN1[C@@H]2c3c(cc(C)c(OC)c3O)C[C@H]1[C@H](C#N)N1C2[C@@H]2SCC(N)C(=O)OC[C@H]1c1c3c(c(C)c(OC(C)=O)c12)OCO3.C[n+]1ccc(C=O)cc1.[I-]. The predicted octanol–water partition coefficient (Wildman–Crippen LogP) is 3.80. The lowest BCUT2D eigenvalue weighted by atomic mass is 9.71. The molecule has 1 aromatic heterocycles. The number of nitrogens with two attached hydrogens (primary N) is 1. The lowest BCUT2D eigenvalue weighted by Gasteiger charge is -2.62. The van der Waals surface area contributed by atoms with Gasteiger partial charge in [-0.05, 0) is 62.8 Å². The van der Waals surface area contributed by atoms with Gasteiger partial charge in [0.2, 0.25) is 19.4 Å². The van der Waals surface area contributed by atoms with E-state index in [2.05, 4.69) is 44.9 Å². The molecule has 4 fully saturated rings. The summed E-state index contributed by atoms with van der Waals surface area (Å²) in [7, 11) is 4.95. The van der Waals surface area contributed by atoms with Gasteiger partial charge in [-0.25, -0.2) is 9.36 Å². The minimum Gasteiger partial charge on any atom is -1.00 e. The molecule has 29 heteroatoms. The topological polar surface area (TPSA) is 326 Å². The fourth-order valence-corrected chi connectivity index (χ4v) is 19.7. The highest BCUT2D eigenvalue weighted by atomic mass is 127. The molecule has 11 heterocycles. The van der Waals surface area contributed by atoms with Gasteiger partial charge in [0.15, 0.2) is 64.7 Å². The number of ketones is 1. The molecule has 3 unspecified atom stereocenters. The Morgan fingerprint density at radius 3 is 1.54 bits per heavy atom. The summed E-state index contributed by atoms with van der Waals surface area (Å²) < 4.78 is 60.6. The Balaban J connectivity index is 0.000000170. The number of halogens is 1. The molecule has 102 heavy (non-hydrogen) atoms. The van der Waals surface area contributed by atoms with Crippen LogP contribution in [0.4, 0.5) is 0 Å². The van der Waals surface area contributed by atoms with Crippen LogP contribution in [0.25, 0.3) is 0 Å². The van der Waals surface area contributed by atoms with Crippen molar-refractivity contribution in [2.45, 2.75) is 131 Å². The van der Waals surface area contributed by atoms with Crippen molar-refractivity contribution in [1.82, 2.24) is 19.6 Å². The number of aromatic hydroxyl groups is 2. The summed E-state index contributed by atoms with van der Waals surface area (Å²) in [5, 5.41) is 44.5. The second-order valence-corrected chi connectivity index (χ2v) is 28.6. The van der Waals surface area contributed by atoms with E-state index in [4.69, 9.17) is 53.1 Å². The lowest BCUT2D eigenvalue weighted by Crippen LogP contribution is -3.00. The molecule has 15 rings (SSSR count). The molecule has 0 saturated carbocycles. The number of aryl methyl sites for hydroxylation is 3. The number of carbonyl (C=O) groups is 6. The van der Waals surface area contributed by atoms with Crippen molar-refractivity contribution >= 4 is 59.5 Å². The first kappa shape index (κ1) is 73.1. The van der Waals surface area contributed by atoms with Crippen LogP contribution in [-0.4, -0.2) is 174 Å². The third-order valence-corrected chi connectivity index (χ3v) is 23.4. The number of esters is 4. The van der Waals surface area contributed by atoms with Crippen LogP contribution in [0.5, 0.6) is 57.5 Å². The Kier molecular flexibility index (Phi) is 21.0. The van der Waals surface area contributed by atoms with E-state index in [9.17, 15) is 49.5 Å². The van der Waals surface area contributed by atoms with Crippen LogP contribution in [0, 0.1) is 50.4 Å². The highest BCUT2D eigenvalue weighted by Gasteiger charge is 2.64. The summed E-state index contributed by atoms with van der Waals surface area (Å²) in [5.41, 5.74) is 15.6. The van der Waals surface area contributed by atoms with Crippen LogP contribution in [-0.2, 0) is 53.3 Å². The van der Waals surface area contributed by atoms with Gasteiger partial charge in [-0.15, -0.1) is 36.7 Å². The average Bonchev–Trinajstić information content (AvgIpc) is 0.892. The molecule has 4 N–H and O–H groups in total. The van der Waals surface area contributed by atoms with Gasteiger partial charge in [0.25, 0.3) is 0 Å². The molecule has 536 valence electrons. The van der Waals surface area contributed by atoms with E-state index < -0.39 is 94.5 Å². The standard InChI is InChI=1S/C33H36N4O8S.C33H33N3O9S.C7H8NO.HI/c1-6-7-36-19-9-17-8-14(2)28(41-5)27(39)22(17)25(36)26-32-24-23(31-30(43-13-44-31)15(3)29(24)45-16(4)38)21(37(26)20(19)10-34)11-42-33(40)18(35)12-46-32;1-6-7-35-18-9-17-8-14(2)28(41-5)27(39)22(17)25(35)26-32-24-23(31-30(43-13-44-31)15(3)29(24)45-16(4)37)20(36(26)19(18)10-34)11-42-33(40)21(38)12-46-32;1-8-4-2-7(6-9)3-5-8;/h6,8,18-21,25-26,32,39H,1,7,9,11-13,35H2,2-5H3;6,8,18-20,25-26,32,39H,1,7,9,11-13H2,2-5H3;2-6H,1H3;1H/q;;+1;/p-1/t18?,19-,20-,21-,25+,26?,32+;18-,19-,20-,25+,26?,32+;;/m00../s1. The van der Waals surface area contributed by atoms with Gasteiger partial charge in [0, 0.05) is 119 Å². The molecular formula is C73H77IN8O18S2. The van der Waals surface area contributed by atoms with E-state index in [0.717, 1.165) is 28.5 Å². The Bertz CT molecular complexity index is 4410. The maximum Gasteiger partial charge on any atom is 0.375 e. The van der Waals surface area contributed by atoms with Crippen LogP contribution in [0.15, 0.2) is 62.0 Å². The number of phenols is 2. The molecule has 0 aliphatic carbocycles. The molecule has 4 saturated heterocycles. The van der Waals surface area contributed by atoms with Gasteiger partial charge >= 0.3 is 23.9 Å². The normalized spacial score (nSPS) is 26.7. The number of cyclic esters (lactones) is 2. The number of aldehydes is 1. The molecule has 26 nitrogen and oxygen atoms in total. The largest absolute Gasteiger partial charge is 1.00 e. The number of rotatable bonds is 9. The van der Waals surface area contributed by atoms with Gasteiger partial charge in [-0.2, -0.15) is 10.5 Å². The first-order chi connectivity index (χ1) is 48.6. The third kappa shape index (κ3) is 12.0. The van der Waals surface area contributed by atoms with Crippen molar-refractivity contribution in [3.63, 3.8) is 0 Å². The molecule has 10 aliphatic heterocycles. The molecule has 10 aliphatic rings. The number of methoxy groups -OCH3 is 2. The number of fused-ring (bicyclic) bond motifs is 18. The number of nitrogens with zero attached hydrogens (tertiary/aromatic N) is 7. The van der Waals surface area contributed by atoms with Gasteiger partial charge in [-0.1, -0.05) is 24.3 Å². The number of aromatic nitrogens is 1. The number of benzene rings is 4. The Morgan fingerprint density at radius 2 is 1.12 bits per heavy atom. The fraction of sp³-hybridized carbons (Fsp3) is 0.438. The highest BCUT2D eigenvalue weighted by Crippen LogP contribution is 2.67. The molecular weight excluding hydrogens is 1470 g/mol. The Hall–Kier alpha value is -8.66. The minimum atomic E-state index is -0.957. The Morgan fingerprint density at radius 1 is 0.676 bits per heavy atom. The molecule has 4 aromatic carbocycles. The van der Waals surface area contributed by atoms with E-state index in [0.29, 0.717) is 116 Å². The first-order valence-electron chi connectivity index (χ1n) is 33.0. The van der Waals surface area contributed by atoms with E-state index >= 15 is 0 Å². The minimum absolute atomic E-state index is 0. The average molecular weight is 1550 g/mol. The number of phenolic OH excluding ortho intramolecular Hbond substituents is 2. The second-order valence-electron chi connectivity index (χ2n) is 26.3. The maximum absolute atomic E-state index is 13.0. The summed E-state index contributed by atoms with van der Waals surface area (Å²) in [6, 6.07) is 6.31. The van der Waals surface area contributed by atoms with E-state index in [1.54, 1.807) is 31.2 Å². The summed E-state index contributed by atoms with van der Waals surface area (Å²) in [4.78, 5) is 82.8. The van der Waals surface area contributed by atoms with Crippen molar-refractivity contribution in [2.75, 3.05) is 65.6 Å². The molecule has 5 aromatic rings. The van der Waals surface area contributed by atoms with Gasteiger partial charge in [0.1, 0.15) is 49.9 Å². The number of piperazine rings is 2. The zero-order chi connectivity index (χ0) is 71.9. The van der Waals surface area contributed by atoms with Crippen molar-refractivity contribution < 1.29 is 115 Å². The number of Topliss-reactive ketones (excluding diaryl/α,β-unsaturated/α-hetero) is 1. The van der Waals surface area contributed by atoms with Crippen LogP contribution in [0.3, 0.4) is 0 Å². The summed E-state index contributed by atoms with van der Waals surface area (Å²) in [5.74, 6) is -0.0954. The predicted molar refractivity (Wildman–Crippen MR) is 364 cm³/mol. The molecule has 13 atom stereocenters. The number of thioether (sulfide) groups is 2. The third-order valence-electron chi connectivity index (χ3n) is 20.7. The molecule has 0 amide bonds. The number of carbonyl (C=O) groups excluding carboxylic acids is 6. The van der Waals surface area contributed by atoms with Crippen molar-refractivity contribution in [1.29, 1.82) is 10.5 Å². The maximum atomic E-state index is 13.0. The van der Waals surface area contributed by atoms with Crippen LogP contribution in [0.1, 0.15) is 126 Å². The van der Waals surface area contributed by atoms with E-state index in [-0.39, 0.29) is 91.6 Å². The number of hydrogen-bond donors (Lipinski definition) is 3. The van der Waals surface area contributed by atoms with Crippen LogP contribution in [0.2, 0.25) is 0 Å². The van der Waals surface area contributed by atoms with Gasteiger partial charge in [0.05, 0.1) is 66.8 Å². The lowest BCUT2D eigenvalue weighted by molar-refractivity contribution is -0.671. The van der Waals surface area contributed by atoms with Gasteiger partial charge < -0.3 is 87.3 Å². The molecule has 0 radical (unpaired) electrons. The first-order valence-corrected chi connectivity index (χ1v) is 35.1. The Labute approximate surface area is 614 Å². The number of nitriles is 2. The van der Waals surface area contributed by atoms with Crippen molar-refractivity contribution in [3.05, 3.63) is 134 Å². The number of ether oxygens (including phenoxy) is 10. The zero-order valence-corrected chi connectivity index (χ0v) is 61.3. The monoisotopic (exact) mass is 1540 g/mol. The van der Waals surface area contributed by atoms with Crippen LogP contribution < -0.4 is 72.2 Å². The molecule has 8 bridgehead atoms. The number of hydrogen-bond acceptors (Lipinski definition) is 27. The fourth-order valence-electron chi connectivity index (χ4n) is 17.0.